The first kappa shape index (κ1) is 12.0. The lowest BCUT2D eigenvalue weighted by molar-refractivity contribution is 0.510. The van der Waals surface area contributed by atoms with Crippen LogP contribution in [0.4, 0.5) is 0 Å². The van der Waals surface area contributed by atoms with E-state index < -0.39 is 0 Å². The average molecular weight is 212 g/mol. The maximum atomic E-state index is 8.98. The van der Waals surface area contributed by atoms with Crippen LogP contribution in [0, 0.1) is 34.0 Å². The van der Waals surface area contributed by atoms with Gasteiger partial charge in [0.2, 0.25) is 0 Å². The van der Waals surface area contributed by atoms with Crippen LogP contribution in [0.25, 0.3) is 0 Å². The predicted octanol–water partition coefficient (Wildman–Crippen LogP) is 1.68. The Bertz CT molecular complexity index is 425. The summed E-state index contributed by atoms with van der Waals surface area (Å²) in [7, 11) is 0. The van der Waals surface area contributed by atoms with Gasteiger partial charge < -0.3 is 5.73 Å². The van der Waals surface area contributed by atoms with Gasteiger partial charge in [0.1, 0.15) is 17.7 Å². The molecule has 0 aliphatic heterocycles. The molecule has 80 valence electrons. The third-order valence-corrected chi connectivity index (χ3v) is 2.66. The summed E-state index contributed by atoms with van der Waals surface area (Å²) < 4.78 is 0. The summed E-state index contributed by atoms with van der Waals surface area (Å²) in [6, 6.07) is 5.76. The number of nitrogens with zero attached hydrogens (tertiary/aromatic N) is 3. The highest BCUT2D eigenvalue weighted by Crippen LogP contribution is 2.26. The molecule has 4 heteroatoms. The van der Waals surface area contributed by atoms with Crippen LogP contribution in [0.1, 0.15) is 25.7 Å². The molecule has 0 spiro atoms. The summed E-state index contributed by atoms with van der Waals surface area (Å²) in [5.41, 5.74) is 7.19. The second-order valence-electron chi connectivity index (χ2n) is 3.75. The monoisotopic (exact) mass is 212 g/mol. The third kappa shape index (κ3) is 2.95. The topological polar surface area (TPSA) is 97.4 Å². The minimum atomic E-state index is -0.0288. The molecule has 0 amide bonds. The van der Waals surface area contributed by atoms with Gasteiger partial charge in [0.05, 0.1) is 11.6 Å². The first-order valence-corrected chi connectivity index (χ1v) is 5.11. The van der Waals surface area contributed by atoms with Crippen molar-refractivity contribution >= 4 is 0 Å². The number of allylic oxidation sites excluding steroid dienone is 4. The lowest BCUT2D eigenvalue weighted by atomic mass is 9.88. The number of hydrogen-bond acceptors (Lipinski definition) is 4. The van der Waals surface area contributed by atoms with Gasteiger partial charge in [-0.15, -0.1) is 0 Å². The quantitative estimate of drug-likeness (QED) is 0.668. The van der Waals surface area contributed by atoms with E-state index in [0.717, 1.165) is 31.3 Å². The van der Waals surface area contributed by atoms with Gasteiger partial charge in [-0.2, -0.15) is 15.8 Å². The smallest absolute Gasteiger partial charge is 0.130 e. The Kier molecular flexibility index (Phi) is 4.28. The van der Waals surface area contributed by atoms with Gasteiger partial charge in [-0.05, 0) is 31.8 Å². The van der Waals surface area contributed by atoms with Crippen molar-refractivity contribution in [3.63, 3.8) is 0 Å². The Morgan fingerprint density at radius 2 is 1.69 bits per heavy atom. The lowest BCUT2D eigenvalue weighted by Gasteiger charge is -2.20. The second kappa shape index (κ2) is 5.71. The molecule has 1 fully saturated rings. The van der Waals surface area contributed by atoms with Gasteiger partial charge in [0, 0.05) is 6.04 Å². The van der Waals surface area contributed by atoms with Crippen LogP contribution in [0.15, 0.2) is 22.8 Å². The second-order valence-corrected chi connectivity index (χ2v) is 3.75. The van der Waals surface area contributed by atoms with Gasteiger partial charge in [0.15, 0.2) is 0 Å². The molecule has 0 aromatic heterocycles. The maximum Gasteiger partial charge on any atom is 0.130 e. The molecule has 0 radical (unpaired) electrons. The van der Waals surface area contributed by atoms with Gasteiger partial charge in [-0.3, -0.25) is 0 Å². The zero-order chi connectivity index (χ0) is 12.0. The van der Waals surface area contributed by atoms with Crippen molar-refractivity contribution in [2.75, 3.05) is 0 Å². The van der Waals surface area contributed by atoms with Crippen LogP contribution < -0.4 is 5.73 Å². The normalized spacial score (nSPS) is 18.9. The van der Waals surface area contributed by atoms with Crippen molar-refractivity contribution in [2.45, 2.75) is 31.7 Å². The van der Waals surface area contributed by atoms with Gasteiger partial charge in [-0.25, -0.2) is 0 Å². The Morgan fingerprint density at radius 3 is 2.12 bits per heavy atom. The van der Waals surface area contributed by atoms with E-state index in [-0.39, 0.29) is 11.6 Å². The Morgan fingerprint density at radius 1 is 1.12 bits per heavy atom. The van der Waals surface area contributed by atoms with E-state index in [9.17, 15) is 0 Å². The summed E-state index contributed by atoms with van der Waals surface area (Å²) in [6.07, 6.45) is 4.66. The Balaban J connectivity index is 2.96. The van der Waals surface area contributed by atoms with Crippen molar-refractivity contribution in [2.24, 2.45) is 5.73 Å². The van der Waals surface area contributed by atoms with E-state index in [1.54, 1.807) is 12.1 Å². The van der Waals surface area contributed by atoms with E-state index in [0.29, 0.717) is 5.57 Å². The molecule has 2 N–H and O–H groups in total. The number of hydrogen-bond donors (Lipinski definition) is 1. The molecule has 0 unspecified atom stereocenters. The molecule has 1 aliphatic carbocycles. The first-order valence-electron chi connectivity index (χ1n) is 5.11. The van der Waals surface area contributed by atoms with Crippen LogP contribution >= 0.6 is 0 Å². The highest BCUT2D eigenvalue weighted by molar-refractivity contribution is 5.48. The highest BCUT2D eigenvalue weighted by atomic mass is 14.6. The largest absolute Gasteiger partial charge is 0.328 e. The molecule has 4 nitrogen and oxygen atoms in total. The third-order valence-electron chi connectivity index (χ3n) is 2.66. The van der Waals surface area contributed by atoms with E-state index in [4.69, 9.17) is 21.5 Å². The van der Waals surface area contributed by atoms with Crippen molar-refractivity contribution < 1.29 is 0 Å². The van der Waals surface area contributed by atoms with Gasteiger partial charge in [-0.1, -0.05) is 5.57 Å². The fourth-order valence-electron chi connectivity index (χ4n) is 1.71. The molecule has 1 aliphatic rings. The molecule has 0 saturated heterocycles. The molecule has 16 heavy (non-hydrogen) atoms. The molecular weight excluding hydrogens is 200 g/mol. The molecule has 1 saturated carbocycles. The minimum absolute atomic E-state index is 0.0288. The SMILES string of the molecule is N#CC(C#N)=CC(C#N)=C1CCC(N)CC1. The first-order chi connectivity index (χ1) is 7.71. The van der Waals surface area contributed by atoms with Crippen molar-refractivity contribution in [3.8, 4) is 18.2 Å². The van der Waals surface area contributed by atoms with Crippen molar-refractivity contribution in [1.29, 1.82) is 15.8 Å². The summed E-state index contributed by atoms with van der Waals surface area (Å²) in [5.74, 6) is 0. The molecule has 1 rings (SSSR count). The number of nitrogens with two attached hydrogens (primary N) is 1. The summed E-state index contributed by atoms with van der Waals surface area (Å²) in [6.45, 7) is 0. The van der Waals surface area contributed by atoms with E-state index in [1.165, 1.54) is 6.08 Å². The number of rotatable bonds is 1. The Labute approximate surface area is 94.9 Å². The molecule has 0 aromatic carbocycles. The van der Waals surface area contributed by atoms with Crippen LogP contribution in [0.2, 0.25) is 0 Å². The highest BCUT2D eigenvalue weighted by Gasteiger charge is 2.15. The molecule has 0 atom stereocenters. The molecule has 0 bridgehead atoms. The Hall–Kier alpha value is -2.09. The fourth-order valence-corrected chi connectivity index (χ4v) is 1.71. The summed E-state index contributed by atoms with van der Waals surface area (Å²) in [4.78, 5) is 0. The zero-order valence-electron chi connectivity index (χ0n) is 8.90. The summed E-state index contributed by atoms with van der Waals surface area (Å²) in [5, 5.41) is 26.2. The van der Waals surface area contributed by atoms with E-state index >= 15 is 0 Å². The predicted molar refractivity (Wildman–Crippen MR) is 58.4 cm³/mol. The molecular formula is C12H12N4. The van der Waals surface area contributed by atoms with Crippen LogP contribution in [0.3, 0.4) is 0 Å². The zero-order valence-corrected chi connectivity index (χ0v) is 8.90. The van der Waals surface area contributed by atoms with E-state index in [2.05, 4.69) is 0 Å². The van der Waals surface area contributed by atoms with E-state index in [1.807, 2.05) is 6.07 Å². The minimum Gasteiger partial charge on any atom is -0.328 e. The number of nitriles is 3. The fraction of sp³-hybridized carbons (Fsp3) is 0.417. The van der Waals surface area contributed by atoms with Crippen LogP contribution in [-0.2, 0) is 0 Å². The van der Waals surface area contributed by atoms with Gasteiger partial charge >= 0.3 is 0 Å². The standard InChI is InChI=1S/C12H12N4/c13-6-9(7-14)5-11(8-15)10-1-3-12(16)4-2-10/h5,12H,1-4,16H2. The van der Waals surface area contributed by atoms with Crippen molar-refractivity contribution in [1.82, 2.24) is 0 Å². The average Bonchev–Trinajstić information content (AvgIpc) is 2.32. The van der Waals surface area contributed by atoms with Crippen molar-refractivity contribution in [3.05, 3.63) is 22.8 Å². The van der Waals surface area contributed by atoms with Gasteiger partial charge in [0.25, 0.3) is 0 Å². The lowest BCUT2D eigenvalue weighted by Crippen LogP contribution is -2.23. The molecule has 0 aromatic rings. The van der Waals surface area contributed by atoms with Crippen LogP contribution in [-0.4, -0.2) is 6.04 Å². The molecule has 0 heterocycles. The maximum absolute atomic E-state index is 8.98. The summed E-state index contributed by atoms with van der Waals surface area (Å²) >= 11 is 0. The van der Waals surface area contributed by atoms with Crippen LogP contribution in [0.5, 0.6) is 0 Å².